The average molecular weight is 306 g/mol. The molecular weight excluding hydrogens is 292 g/mol. The Labute approximate surface area is 96.4 Å². The lowest BCUT2D eigenvalue weighted by Gasteiger charge is -2.30. The maximum Gasteiger partial charge on any atom is 0.0935 e. The maximum atomic E-state index is 3.93. The lowest BCUT2D eigenvalue weighted by Crippen LogP contribution is -2.20. The van der Waals surface area contributed by atoms with Gasteiger partial charge < -0.3 is 0 Å². The number of hydrogen-bond acceptors (Lipinski definition) is 0. The summed E-state index contributed by atoms with van der Waals surface area (Å²) >= 11 is 7.86. The molecule has 0 spiro atoms. The van der Waals surface area contributed by atoms with E-state index in [9.17, 15) is 0 Å². The van der Waals surface area contributed by atoms with Crippen LogP contribution in [0.1, 0.15) is 38.5 Å². The fraction of sp³-hybridized carbons (Fsp3) is 0.818. The molecule has 0 unspecified atom stereocenters. The van der Waals surface area contributed by atoms with Gasteiger partial charge in [-0.3, -0.25) is 0 Å². The quantitative estimate of drug-likeness (QED) is 0.460. The van der Waals surface area contributed by atoms with Gasteiger partial charge >= 0.3 is 0 Å². The lowest BCUT2D eigenvalue weighted by molar-refractivity contribution is 0.231. The fourth-order valence-corrected chi connectivity index (χ4v) is 6.57. The predicted molar refractivity (Wildman–Crippen MR) is 62.3 cm³/mol. The number of allylic oxidation sites excluding steroid dienone is 2. The van der Waals surface area contributed by atoms with E-state index >= 15 is 0 Å². The van der Waals surface area contributed by atoms with Crippen LogP contribution in [0.15, 0.2) is 12.2 Å². The summed E-state index contributed by atoms with van der Waals surface area (Å²) in [5, 5.41) is 0. The van der Waals surface area contributed by atoms with Gasteiger partial charge in [0.05, 0.1) is 3.23 Å². The van der Waals surface area contributed by atoms with Crippen molar-refractivity contribution < 1.29 is 0 Å². The predicted octanol–water partition coefficient (Wildman–Crippen LogP) is 4.38. The molecule has 72 valence electrons. The van der Waals surface area contributed by atoms with E-state index in [1.165, 1.54) is 38.5 Å². The molecular formula is C11H14Br2. The Morgan fingerprint density at radius 1 is 0.846 bits per heavy atom. The Morgan fingerprint density at radius 3 is 1.77 bits per heavy atom. The smallest absolute Gasteiger partial charge is 0.0879 e. The van der Waals surface area contributed by atoms with Crippen LogP contribution in [0.25, 0.3) is 0 Å². The summed E-state index contributed by atoms with van der Waals surface area (Å²) in [5.41, 5.74) is 1.12. The second-order valence-corrected chi connectivity index (χ2v) is 8.27. The van der Waals surface area contributed by atoms with Crippen LogP contribution >= 0.6 is 31.9 Å². The molecule has 0 nitrogen and oxygen atoms in total. The normalized spacial score (nSPS) is 50.9. The Kier molecular flexibility index (Phi) is 1.68. The van der Waals surface area contributed by atoms with Gasteiger partial charge in [0.15, 0.2) is 0 Å². The largest absolute Gasteiger partial charge is 0.0935 e. The Bertz CT molecular complexity index is 256. The van der Waals surface area contributed by atoms with Crippen LogP contribution in [-0.2, 0) is 0 Å². The van der Waals surface area contributed by atoms with Crippen molar-refractivity contribution in [1.29, 1.82) is 0 Å². The minimum Gasteiger partial charge on any atom is -0.0879 e. The highest BCUT2D eigenvalue weighted by Gasteiger charge is 2.83. The van der Waals surface area contributed by atoms with E-state index in [1.807, 2.05) is 0 Å². The van der Waals surface area contributed by atoms with E-state index in [0.29, 0.717) is 10.8 Å². The molecule has 2 heteroatoms. The van der Waals surface area contributed by atoms with Gasteiger partial charge in [-0.25, -0.2) is 0 Å². The minimum absolute atomic E-state index is 0.264. The first-order valence-corrected chi connectivity index (χ1v) is 6.78. The van der Waals surface area contributed by atoms with Crippen molar-refractivity contribution in [3.05, 3.63) is 12.2 Å². The monoisotopic (exact) mass is 304 g/mol. The zero-order valence-electron chi connectivity index (χ0n) is 7.65. The van der Waals surface area contributed by atoms with Crippen molar-refractivity contribution in [1.82, 2.24) is 0 Å². The van der Waals surface area contributed by atoms with E-state index in [4.69, 9.17) is 0 Å². The zero-order valence-corrected chi connectivity index (χ0v) is 10.8. The molecule has 0 amide bonds. The van der Waals surface area contributed by atoms with Crippen molar-refractivity contribution in [2.75, 3.05) is 0 Å². The van der Waals surface area contributed by atoms with Crippen LogP contribution in [0.4, 0.5) is 0 Å². The molecule has 2 atom stereocenters. The van der Waals surface area contributed by atoms with Crippen molar-refractivity contribution >= 4 is 31.9 Å². The molecule has 3 aliphatic carbocycles. The van der Waals surface area contributed by atoms with Crippen LogP contribution in [0.5, 0.6) is 0 Å². The van der Waals surface area contributed by atoms with Gasteiger partial charge in [0.1, 0.15) is 0 Å². The van der Waals surface area contributed by atoms with Gasteiger partial charge in [0.2, 0.25) is 0 Å². The fourth-order valence-electron chi connectivity index (χ4n) is 3.81. The third-order valence-corrected chi connectivity index (χ3v) is 7.65. The number of halogens is 2. The number of hydrogen-bond donors (Lipinski definition) is 0. The highest BCUT2D eigenvalue weighted by Crippen LogP contribution is 2.88. The summed E-state index contributed by atoms with van der Waals surface area (Å²) in [7, 11) is 0. The Hall–Kier alpha value is 0.700. The second kappa shape index (κ2) is 2.44. The molecule has 2 fully saturated rings. The third-order valence-electron chi connectivity index (χ3n) is 4.61. The van der Waals surface area contributed by atoms with E-state index in [0.717, 1.165) is 0 Å². The summed E-state index contributed by atoms with van der Waals surface area (Å²) in [5.74, 6) is 0. The van der Waals surface area contributed by atoms with Gasteiger partial charge in [-0.05, 0) is 25.7 Å². The Balaban J connectivity index is 2.07. The van der Waals surface area contributed by atoms with Gasteiger partial charge in [0, 0.05) is 10.8 Å². The summed E-state index contributed by atoms with van der Waals surface area (Å²) in [6.07, 6.45) is 13.0. The summed E-state index contributed by atoms with van der Waals surface area (Å²) in [6, 6.07) is 0. The summed E-state index contributed by atoms with van der Waals surface area (Å²) in [4.78, 5) is 0. The molecule has 0 bridgehead atoms. The average Bonchev–Trinajstić information content (AvgIpc) is 2.61. The molecule has 2 saturated carbocycles. The van der Waals surface area contributed by atoms with Gasteiger partial charge in [-0.2, -0.15) is 0 Å². The molecule has 3 aliphatic rings. The first kappa shape index (κ1) is 8.96. The maximum absolute atomic E-state index is 3.93. The molecule has 0 radical (unpaired) electrons. The van der Waals surface area contributed by atoms with Gasteiger partial charge in [0.25, 0.3) is 0 Å². The molecule has 0 N–H and O–H groups in total. The van der Waals surface area contributed by atoms with Crippen molar-refractivity contribution in [3.8, 4) is 0 Å². The minimum atomic E-state index is 0.264. The zero-order chi connectivity index (χ0) is 9.16. The van der Waals surface area contributed by atoms with E-state index < -0.39 is 0 Å². The van der Waals surface area contributed by atoms with Crippen LogP contribution in [0, 0.1) is 10.8 Å². The third kappa shape index (κ3) is 0.761. The van der Waals surface area contributed by atoms with Crippen molar-refractivity contribution in [2.45, 2.75) is 41.8 Å². The molecule has 0 aromatic rings. The second-order valence-electron chi connectivity index (χ2n) is 4.83. The first-order valence-electron chi connectivity index (χ1n) is 5.19. The molecule has 0 heterocycles. The molecule has 0 saturated heterocycles. The number of alkyl halides is 2. The Morgan fingerprint density at radius 2 is 1.31 bits per heavy atom. The van der Waals surface area contributed by atoms with Crippen molar-refractivity contribution in [3.63, 3.8) is 0 Å². The highest BCUT2D eigenvalue weighted by atomic mass is 79.9. The van der Waals surface area contributed by atoms with E-state index in [1.54, 1.807) is 0 Å². The lowest BCUT2D eigenvalue weighted by atomic mass is 9.73. The summed E-state index contributed by atoms with van der Waals surface area (Å²) < 4.78 is 0.264. The highest BCUT2D eigenvalue weighted by molar-refractivity contribution is 9.25. The molecule has 3 rings (SSSR count). The molecule has 13 heavy (non-hydrogen) atoms. The first-order chi connectivity index (χ1) is 6.16. The van der Waals surface area contributed by atoms with Crippen LogP contribution in [0.3, 0.4) is 0 Å². The molecule has 0 aromatic carbocycles. The van der Waals surface area contributed by atoms with Gasteiger partial charge in [-0.15, -0.1) is 0 Å². The topological polar surface area (TPSA) is 0 Å². The van der Waals surface area contributed by atoms with Crippen LogP contribution < -0.4 is 0 Å². The number of rotatable bonds is 0. The summed E-state index contributed by atoms with van der Waals surface area (Å²) in [6.45, 7) is 0. The molecule has 0 aromatic heterocycles. The van der Waals surface area contributed by atoms with E-state index in [-0.39, 0.29) is 3.23 Å². The molecule has 0 aliphatic heterocycles. The van der Waals surface area contributed by atoms with Crippen LogP contribution in [0.2, 0.25) is 0 Å². The standard InChI is InChI=1S/C11H14Br2/c12-11(13)9-5-1-2-6-10(9,11)8-4-3-7-9/h1-2H,3-8H2/t9-,10-/m1/s1. The van der Waals surface area contributed by atoms with Crippen LogP contribution in [-0.4, -0.2) is 3.23 Å². The van der Waals surface area contributed by atoms with E-state index in [2.05, 4.69) is 44.0 Å². The van der Waals surface area contributed by atoms with Gasteiger partial charge in [-0.1, -0.05) is 56.9 Å². The SMILES string of the molecule is BrC1(Br)[C@@]23CC=CC[C@]12CCCC3. The van der Waals surface area contributed by atoms with Crippen molar-refractivity contribution in [2.24, 2.45) is 10.8 Å².